The lowest BCUT2D eigenvalue weighted by molar-refractivity contribution is -0.113. The largest absolute Gasteiger partial charge is 0.493 e. The van der Waals surface area contributed by atoms with Crippen molar-refractivity contribution in [2.75, 3.05) is 12.0 Å². The number of carbonyl (C=O) groups is 1. The molecule has 150 valence electrons. The van der Waals surface area contributed by atoms with Crippen molar-refractivity contribution in [3.8, 4) is 11.5 Å². The quantitative estimate of drug-likeness (QED) is 0.472. The van der Waals surface area contributed by atoms with Crippen molar-refractivity contribution in [2.45, 2.75) is 6.61 Å². The summed E-state index contributed by atoms with van der Waals surface area (Å²) in [5.74, 6) is 1.03. The van der Waals surface area contributed by atoms with Gasteiger partial charge in [-0.25, -0.2) is 0 Å². The van der Waals surface area contributed by atoms with Crippen LogP contribution in [-0.2, 0) is 11.4 Å². The van der Waals surface area contributed by atoms with Crippen molar-refractivity contribution >= 4 is 35.0 Å². The minimum absolute atomic E-state index is 0.199. The molecule has 1 fully saturated rings. The molecule has 0 unspecified atom stereocenters. The average molecular weight is 417 g/mol. The fourth-order valence-corrected chi connectivity index (χ4v) is 3.44. The van der Waals surface area contributed by atoms with Crippen molar-refractivity contribution < 1.29 is 14.3 Å². The summed E-state index contributed by atoms with van der Waals surface area (Å²) < 4.78 is 11.4. The number of ether oxygens (including phenoxy) is 2. The summed E-state index contributed by atoms with van der Waals surface area (Å²) in [6.07, 6.45) is 1.75. The third kappa shape index (κ3) is 4.18. The highest BCUT2D eigenvalue weighted by atomic mass is 32.1. The van der Waals surface area contributed by atoms with Crippen LogP contribution in [0.1, 0.15) is 11.1 Å². The molecule has 0 atom stereocenters. The van der Waals surface area contributed by atoms with E-state index in [0.29, 0.717) is 28.9 Å². The zero-order valence-electron chi connectivity index (χ0n) is 16.4. The highest BCUT2D eigenvalue weighted by molar-refractivity contribution is 7.80. The van der Waals surface area contributed by atoms with Crippen molar-refractivity contribution in [1.29, 1.82) is 0 Å². The Balaban J connectivity index is 1.53. The summed E-state index contributed by atoms with van der Waals surface area (Å²) in [6, 6.07) is 24.8. The second kappa shape index (κ2) is 8.80. The molecule has 1 aliphatic heterocycles. The lowest BCUT2D eigenvalue weighted by atomic mass is 10.1. The van der Waals surface area contributed by atoms with E-state index in [1.165, 1.54) is 4.90 Å². The molecule has 3 aromatic rings. The van der Waals surface area contributed by atoms with Crippen molar-refractivity contribution in [3.05, 3.63) is 95.7 Å². The number of benzene rings is 3. The molecule has 4 rings (SSSR count). The van der Waals surface area contributed by atoms with Gasteiger partial charge in [0, 0.05) is 0 Å². The maximum absolute atomic E-state index is 12.9. The zero-order valence-corrected chi connectivity index (χ0v) is 17.2. The lowest BCUT2D eigenvalue weighted by Crippen LogP contribution is -2.30. The molecule has 0 radical (unpaired) electrons. The van der Waals surface area contributed by atoms with Gasteiger partial charge in [-0.1, -0.05) is 54.6 Å². The monoisotopic (exact) mass is 416 g/mol. The summed E-state index contributed by atoms with van der Waals surface area (Å²) in [4.78, 5) is 14.3. The fraction of sp³-hybridized carbons (Fsp3) is 0.0833. The van der Waals surface area contributed by atoms with Gasteiger partial charge in [-0.05, 0) is 53.7 Å². The summed E-state index contributed by atoms with van der Waals surface area (Å²) >= 11 is 5.35. The predicted molar refractivity (Wildman–Crippen MR) is 121 cm³/mol. The second-order valence-corrected chi connectivity index (χ2v) is 7.04. The fourth-order valence-electron chi connectivity index (χ4n) is 3.14. The summed E-state index contributed by atoms with van der Waals surface area (Å²) in [7, 11) is 1.59. The molecule has 1 saturated heterocycles. The Hall–Kier alpha value is -3.64. The Morgan fingerprint density at radius 3 is 2.37 bits per heavy atom. The molecule has 3 aromatic carbocycles. The Labute approximate surface area is 180 Å². The van der Waals surface area contributed by atoms with Crippen molar-refractivity contribution in [3.63, 3.8) is 0 Å². The Morgan fingerprint density at radius 2 is 1.67 bits per heavy atom. The molecule has 0 saturated carbocycles. The number of rotatable bonds is 6. The van der Waals surface area contributed by atoms with Gasteiger partial charge in [0.25, 0.3) is 5.91 Å². The van der Waals surface area contributed by atoms with E-state index in [1.807, 2.05) is 78.9 Å². The number of amides is 1. The number of para-hydroxylation sites is 1. The van der Waals surface area contributed by atoms with Gasteiger partial charge < -0.3 is 14.8 Å². The first-order valence-corrected chi connectivity index (χ1v) is 9.83. The first-order chi connectivity index (χ1) is 14.7. The molecule has 0 aromatic heterocycles. The molecule has 6 heteroatoms. The molecule has 1 N–H and O–H groups in total. The van der Waals surface area contributed by atoms with Crippen LogP contribution in [0.4, 0.5) is 5.69 Å². The maximum Gasteiger partial charge on any atom is 0.281 e. The molecule has 0 aliphatic carbocycles. The van der Waals surface area contributed by atoms with Gasteiger partial charge in [0.1, 0.15) is 12.3 Å². The van der Waals surface area contributed by atoms with Crippen molar-refractivity contribution in [1.82, 2.24) is 5.32 Å². The average Bonchev–Trinajstić information content (AvgIpc) is 3.06. The Morgan fingerprint density at radius 1 is 0.967 bits per heavy atom. The molecule has 0 spiro atoms. The Bertz CT molecular complexity index is 1100. The normalized spacial score (nSPS) is 14.7. The van der Waals surface area contributed by atoms with E-state index in [2.05, 4.69) is 5.32 Å². The van der Waals surface area contributed by atoms with Gasteiger partial charge in [0.15, 0.2) is 16.6 Å². The van der Waals surface area contributed by atoms with Crippen molar-refractivity contribution in [2.24, 2.45) is 0 Å². The minimum Gasteiger partial charge on any atom is -0.493 e. The number of anilines is 1. The minimum atomic E-state index is -0.199. The SMILES string of the molecule is COc1cc(/C=C2\NC(=S)N(c3ccccc3)C2=O)ccc1OCc1ccccc1. The lowest BCUT2D eigenvalue weighted by Gasteiger charge is -2.13. The number of thiocarbonyl (C=S) groups is 1. The van der Waals surface area contributed by atoms with E-state index in [1.54, 1.807) is 13.2 Å². The summed E-state index contributed by atoms with van der Waals surface area (Å²) in [5, 5.41) is 3.35. The smallest absolute Gasteiger partial charge is 0.281 e. The number of hydrogen-bond donors (Lipinski definition) is 1. The molecule has 1 aliphatic rings. The van der Waals surface area contributed by atoms with Crippen LogP contribution in [0.25, 0.3) is 6.08 Å². The second-order valence-electron chi connectivity index (χ2n) is 6.65. The molecule has 5 nitrogen and oxygen atoms in total. The van der Waals surface area contributed by atoms with Crippen LogP contribution in [0, 0.1) is 0 Å². The van der Waals surface area contributed by atoms with Crippen LogP contribution in [0.5, 0.6) is 11.5 Å². The maximum atomic E-state index is 12.9. The van der Waals surface area contributed by atoms with Crippen LogP contribution in [0.2, 0.25) is 0 Å². The summed E-state index contributed by atoms with van der Waals surface area (Å²) in [5.41, 5.74) is 3.00. The topological polar surface area (TPSA) is 50.8 Å². The van der Waals surface area contributed by atoms with Gasteiger partial charge in [0.2, 0.25) is 0 Å². The molecule has 1 heterocycles. The van der Waals surface area contributed by atoms with Crippen LogP contribution in [0.15, 0.2) is 84.6 Å². The van der Waals surface area contributed by atoms with Gasteiger partial charge in [-0.2, -0.15) is 0 Å². The first kappa shape index (κ1) is 19.7. The zero-order chi connectivity index (χ0) is 20.9. The highest BCUT2D eigenvalue weighted by Crippen LogP contribution is 2.30. The van der Waals surface area contributed by atoms with E-state index >= 15 is 0 Å². The molecular weight excluding hydrogens is 396 g/mol. The van der Waals surface area contributed by atoms with Gasteiger partial charge in [-0.15, -0.1) is 0 Å². The van der Waals surface area contributed by atoms with E-state index in [4.69, 9.17) is 21.7 Å². The molecule has 30 heavy (non-hydrogen) atoms. The molecule has 0 bridgehead atoms. The van der Waals surface area contributed by atoms with Gasteiger partial charge in [-0.3, -0.25) is 9.69 Å². The predicted octanol–water partition coefficient (Wildman–Crippen LogP) is 4.54. The third-order valence-corrected chi connectivity index (χ3v) is 4.91. The molecular formula is C24H20N2O3S. The van der Waals surface area contributed by atoms with Gasteiger partial charge >= 0.3 is 0 Å². The van der Waals surface area contributed by atoms with E-state index in [9.17, 15) is 4.79 Å². The third-order valence-electron chi connectivity index (χ3n) is 4.63. The molecule has 1 amide bonds. The van der Waals surface area contributed by atoms with Crippen LogP contribution < -0.4 is 19.7 Å². The van der Waals surface area contributed by atoms with Crippen LogP contribution in [0.3, 0.4) is 0 Å². The Kier molecular flexibility index (Phi) is 5.77. The van der Waals surface area contributed by atoms with Gasteiger partial charge in [0.05, 0.1) is 12.8 Å². The number of nitrogens with zero attached hydrogens (tertiary/aromatic N) is 1. The van der Waals surface area contributed by atoms with E-state index in [-0.39, 0.29) is 5.91 Å². The van der Waals surface area contributed by atoms with Crippen LogP contribution >= 0.6 is 12.2 Å². The number of methoxy groups -OCH3 is 1. The van der Waals surface area contributed by atoms with Crippen LogP contribution in [-0.4, -0.2) is 18.1 Å². The van der Waals surface area contributed by atoms with E-state index < -0.39 is 0 Å². The first-order valence-electron chi connectivity index (χ1n) is 9.42. The standard InChI is InChI=1S/C24H20N2O3S/c1-28-22-15-18(12-13-21(22)29-16-17-8-4-2-5-9-17)14-20-23(27)26(24(30)25-20)19-10-6-3-7-11-19/h2-15H,16H2,1H3,(H,25,30)/b20-14-. The number of carbonyl (C=O) groups excluding carboxylic acids is 1. The summed E-state index contributed by atoms with van der Waals surface area (Å²) in [6.45, 7) is 0.442. The highest BCUT2D eigenvalue weighted by Gasteiger charge is 2.31. The van der Waals surface area contributed by atoms with E-state index in [0.717, 1.165) is 16.8 Å². The number of hydrogen-bond acceptors (Lipinski definition) is 4. The number of nitrogens with one attached hydrogen (secondary N) is 1.